The van der Waals surface area contributed by atoms with Gasteiger partial charge in [-0.05, 0) is 80.1 Å². The Morgan fingerprint density at radius 3 is 1.94 bits per heavy atom. The molecule has 0 aliphatic rings. The maximum atomic E-state index is 12.7. The smallest absolute Gasteiger partial charge is 0.463 e. The van der Waals surface area contributed by atoms with Gasteiger partial charge in [0.2, 0.25) is 0 Å². The summed E-state index contributed by atoms with van der Waals surface area (Å²) in [6, 6.07) is 0. The zero-order valence-corrected chi connectivity index (χ0v) is 22.4. The second-order valence-electron chi connectivity index (χ2n) is 8.64. The second kappa shape index (κ2) is 16.4. The monoisotopic (exact) mass is 520 g/mol. The Kier molecular flexibility index (Phi) is 15.3. The molecular formula is C26H39F3O5S. The van der Waals surface area contributed by atoms with E-state index in [0.717, 1.165) is 36.8 Å². The van der Waals surface area contributed by atoms with Crippen LogP contribution in [-0.2, 0) is 23.8 Å². The van der Waals surface area contributed by atoms with Crippen LogP contribution < -0.4 is 0 Å². The van der Waals surface area contributed by atoms with Crippen molar-refractivity contribution in [1.82, 2.24) is 0 Å². The Morgan fingerprint density at radius 1 is 0.829 bits per heavy atom. The highest BCUT2D eigenvalue weighted by molar-refractivity contribution is 7.87. The number of carbonyl (C=O) groups is 1. The van der Waals surface area contributed by atoms with Crippen molar-refractivity contribution in [3.8, 4) is 0 Å². The fourth-order valence-electron chi connectivity index (χ4n) is 2.88. The van der Waals surface area contributed by atoms with Crippen LogP contribution in [0.25, 0.3) is 0 Å². The van der Waals surface area contributed by atoms with E-state index >= 15 is 0 Å². The Labute approximate surface area is 208 Å². The molecule has 0 saturated heterocycles. The van der Waals surface area contributed by atoms with Crippen molar-refractivity contribution in [2.45, 2.75) is 92.0 Å². The zero-order valence-electron chi connectivity index (χ0n) is 21.6. The van der Waals surface area contributed by atoms with Gasteiger partial charge < -0.3 is 8.92 Å². The normalized spacial score (nSPS) is 13.3. The average Bonchev–Trinajstić information content (AvgIpc) is 2.70. The summed E-state index contributed by atoms with van der Waals surface area (Å²) < 4.78 is 70.0. The van der Waals surface area contributed by atoms with Crippen molar-refractivity contribution in [3.63, 3.8) is 0 Å². The van der Waals surface area contributed by atoms with E-state index in [1.54, 1.807) is 0 Å². The van der Waals surface area contributed by atoms with Crippen LogP contribution >= 0.6 is 0 Å². The highest BCUT2D eigenvalue weighted by Gasteiger charge is 2.48. The van der Waals surface area contributed by atoms with Crippen LogP contribution in [0.1, 0.15) is 86.5 Å². The van der Waals surface area contributed by atoms with Crippen LogP contribution in [-0.4, -0.2) is 26.5 Å². The molecule has 5 nitrogen and oxygen atoms in total. The first-order chi connectivity index (χ1) is 16.2. The lowest BCUT2D eigenvalue weighted by atomic mass is 10.0. The highest BCUT2D eigenvalue weighted by atomic mass is 32.2. The van der Waals surface area contributed by atoms with Crippen LogP contribution in [0.5, 0.6) is 0 Å². The predicted octanol–water partition coefficient (Wildman–Crippen LogP) is 7.84. The molecule has 0 amide bonds. The summed E-state index contributed by atoms with van der Waals surface area (Å²) in [7, 11) is -5.88. The number of rotatable bonds is 15. The topological polar surface area (TPSA) is 69.7 Å². The van der Waals surface area contributed by atoms with Gasteiger partial charge in [0.05, 0.1) is 12.7 Å². The van der Waals surface area contributed by atoms with E-state index in [2.05, 4.69) is 47.9 Å². The molecule has 200 valence electrons. The maximum Gasteiger partial charge on any atom is 0.534 e. The third-order valence-corrected chi connectivity index (χ3v) is 5.71. The van der Waals surface area contributed by atoms with Gasteiger partial charge in [0.1, 0.15) is 5.76 Å². The van der Waals surface area contributed by atoms with E-state index in [9.17, 15) is 26.4 Å². The number of allylic oxidation sites excluding steroid dienone is 9. The van der Waals surface area contributed by atoms with Gasteiger partial charge in [-0.1, -0.05) is 46.6 Å². The minimum absolute atomic E-state index is 0.0112. The molecule has 0 aromatic rings. The first-order valence-corrected chi connectivity index (χ1v) is 13.1. The Bertz CT molecular complexity index is 929. The molecule has 0 rings (SSSR count). The molecular weight excluding hydrogens is 481 g/mol. The molecule has 0 spiro atoms. The standard InChI is InChI=1S/C26H39F3O5S/c1-7-33-25(30)19-24(34-35(31,32)26(27,28)29)16-10-15-23(18-17-21(4)5)14-9-13-22(6)12-8-11-20(2)3/h11,13,15,17,19H,7-10,12,14,16,18H2,1-6H3/b22-13+,23-15-,24-19-. The molecule has 0 heterocycles. The third kappa shape index (κ3) is 16.1. The Hall–Kier alpha value is -2.29. The predicted molar refractivity (Wildman–Crippen MR) is 134 cm³/mol. The van der Waals surface area contributed by atoms with Crippen LogP contribution in [0, 0.1) is 0 Å². The molecule has 0 saturated carbocycles. The molecule has 9 heteroatoms. The van der Waals surface area contributed by atoms with Crippen LogP contribution in [0.2, 0.25) is 0 Å². The lowest BCUT2D eigenvalue weighted by molar-refractivity contribution is -0.137. The third-order valence-electron chi connectivity index (χ3n) is 4.71. The van der Waals surface area contributed by atoms with Crippen molar-refractivity contribution in [2.24, 2.45) is 0 Å². The maximum absolute atomic E-state index is 12.7. The molecule has 0 aromatic heterocycles. The SMILES string of the molecule is CCOC(=O)/C=C(/CC/C=C(\CC=C(C)C)CC/C=C(\C)CCC=C(C)C)OS(=O)(=O)C(F)(F)F. The first-order valence-electron chi connectivity index (χ1n) is 11.7. The lowest BCUT2D eigenvalue weighted by Crippen LogP contribution is -2.25. The number of hydrogen-bond donors (Lipinski definition) is 0. The number of carbonyl (C=O) groups excluding carboxylic acids is 1. The Morgan fingerprint density at radius 2 is 1.40 bits per heavy atom. The van der Waals surface area contributed by atoms with Gasteiger partial charge in [-0.25, -0.2) is 4.79 Å². The van der Waals surface area contributed by atoms with Gasteiger partial charge in [0, 0.05) is 6.42 Å². The van der Waals surface area contributed by atoms with E-state index in [0.29, 0.717) is 12.5 Å². The number of esters is 1. The van der Waals surface area contributed by atoms with E-state index in [1.807, 2.05) is 19.9 Å². The average molecular weight is 521 g/mol. The summed E-state index contributed by atoms with van der Waals surface area (Å²) in [5, 5.41) is 0. The van der Waals surface area contributed by atoms with Crippen LogP contribution in [0.15, 0.2) is 58.4 Å². The summed E-state index contributed by atoms with van der Waals surface area (Å²) in [6.07, 6.45) is 13.1. The largest absolute Gasteiger partial charge is 0.534 e. The van der Waals surface area contributed by atoms with E-state index in [1.165, 1.54) is 18.1 Å². The first kappa shape index (κ1) is 32.7. The fraction of sp³-hybridized carbons (Fsp3) is 0.577. The molecule has 0 aliphatic carbocycles. The molecule has 0 unspecified atom stereocenters. The second-order valence-corrected chi connectivity index (χ2v) is 10.2. The molecule has 0 aliphatic heterocycles. The van der Waals surface area contributed by atoms with E-state index in [-0.39, 0.29) is 19.4 Å². The van der Waals surface area contributed by atoms with Crippen LogP contribution in [0.3, 0.4) is 0 Å². The zero-order chi connectivity index (χ0) is 27.1. The molecule has 0 fully saturated rings. The number of hydrogen-bond acceptors (Lipinski definition) is 5. The Balaban J connectivity index is 5.43. The van der Waals surface area contributed by atoms with Gasteiger partial charge in [0.15, 0.2) is 0 Å². The summed E-state index contributed by atoms with van der Waals surface area (Å²) in [4.78, 5) is 11.7. The van der Waals surface area contributed by atoms with Gasteiger partial charge in [-0.15, -0.1) is 0 Å². The van der Waals surface area contributed by atoms with Crippen molar-refractivity contribution >= 4 is 16.1 Å². The molecule has 0 atom stereocenters. The lowest BCUT2D eigenvalue weighted by Gasteiger charge is -2.12. The molecule has 0 bridgehead atoms. The molecule has 0 N–H and O–H groups in total. The molecule has 35 heavy (non-hydrogen) atoms. The van der Waals surface area contributed by atoms with Crippen molar-refractivity contribution in [2.75, 3.05) is 6.61 Å². The minimum atomic E-state index is -5.88. The van der Waals surface area contributed by atoms with Gasteiger partial charge in [-0.3, -0.25) is 0 Å². The van der Waals surface area contributed by atoms with Crippen molar-refractivity contribution in [3.05, 3.63) is 58.4 Å². The summed E-state index contributed by atoms with van der Waals surface area (Å²) in [5.41, 5.74) is -0.829. The summed E-state index contributed by atoms with van der Waals surface area (Å²) in [6.45, 7) is 11.7. The van der Waals surface area contributed by atoms with E-state index in [4.69, 9.17) is 0 Å². The number of halogens is 3. The highest BCUT2D eigenvalue weighted by Crippen LogP contribution is 2.28. The van der Waals surface area contributed by atoms with Crippen molar-refractivity contribution < 1.29 is 35.3 Å². The summed E-state index contributed by atoms with van der Waals surface area (Å²) in [5.74, 6) is -1.59. The number of ether oxygens (including phenoxy) is 1. The fourth-order valence-corrected chi connectivity index (χ4v) is 3.38. The molecule has 0 aromatic carbocycles. The quantitative estimate of drug-likeness (QED) is 0.0549. The van der Waals surface area contributed by atoms with Gasteiger partial charge >= 0.3 is 21.6 Å². The van der Waals surface area contributed by atoms with Crippen LogP contribution in [0.4, 0.5) is 13.2 Å². The molecule has 0 radical (unpaired) electrons. The number of alkyl halides is 3. The van der Waals surface area contributed by atoms with Crippen molar-refractivity contribution in [1.29, 1.82) is 0 Å². The summed E-state index contributed by atoms with van der Waals surface area (Å²) >= 11 is 0. The van der Waals surface area contributed by atoms with Gasteiger partial charge in [0.25, 0.3) is 0 Å². The van der Waals surface area contributed by atoms with E-state index < -0.39 is 27.4 Å². The minimum Gasteiger partial charge on any atom is -0.463 e. The van der Waals surface area contributed by atoms with Gasteiger partial charge in [-0.2, -0.15) is 21.6 Å².